The standard InChI is InChI=1S/C24H29BrN2O2/c1-2-29-24(28)22-10-8-20(9-11-22)12-14-27-17-15-26(16-18-27)13-4-6-21-5-3-7-23(25)19-21/h3-11,19H,2,12-18H2,1H3/b6-4+. The lowest BCUT2D eigenvalue weighted by Gasteiger charge is -2.34. The molecule has 0 aromatic heterocycles. The number of ether oxygens (including phenoxy) is 1. The van der Waals surface area contributed by atoms with Gasteiger partial charge in [-0.2, -0.15) is 0 Å². The van der Waals surface area contributed by atoms with Crippen LogP contribution < -0.4 is 0 Å². The molecule has 3 rings (SSSR count). The van der Waals surface area contributed by atoms with E-state index in [1.165, 1.54) is 11.1 Å². The van der Waals surface area contributed by atoms with Gasteiger partial charge in [-0.1, -0.05) is 52.3 Å². The van der Waals surface area contributed by atoms with Crippen molar-refractivity contribution in [1.82, 2.24) is 9.80 Å². The fourth-order valence-corrected chi connectivity index (χ4v) is 3.87. The van der Waals surface area contributed by atoms with Gasteiger partial charge in [0, 0.05) is 43.7 Å². The number of hydrogen-bond acceptors (Lipinski definition) is 4. The van der Waals surface area contributed by atoms with Gasteiger partial charge in [0.1, 0.15) is 0 Å². The monoisotopic (exact) mass is 456 g/mol. The Morgan fingerprint density at radius 2 is 1.79 bits per heavy atom. The Morgan fingerprint density at radius 3 is 2.48 bits per heavy atom. The number of hydrogen-bond donors (Lipinski definition) is 0. The lowest BCUT2D eigenvalue weighted by Crippen LogP contribution is -2.46. The highest BCUT2D eigenvalue weighted by molar-refractivity contribution is 9.10. The lowest BCUT2D eigenvalue weighted by atomic mass is 10.1. The van der Waals surface area contributed by atoms with Crippen LogP contribution in [0.15, 0.2) is 59.1 Å². The Kier molecular flexibility index (Phi) is 8.47. The zero-order valence-corrected chi connectivity index (χ0v) is 18.6. The fourth-order valence-electron chi connectivity index (χ4n) is 3.45. The SMILES string of the molecule is CCOC(=O)c1ccc(CCN2CCN(C/C=C/c3cccc(Br)c3)CC2)cc1. The number of esters is 1. The van der Waals surface area contributed by atoms with Crippen LogP contribution in [0.2, 0.25) is 0 Å². The third-order valence-corrected chi connectivity index (χ3v) is 5.66. The van der Waals surface area contributed by atoms with E-state index in [0.29, 0.717) is 12.2 Å². The second-order valence-electron chi connectivity index (χ2n) is 7.27. The third-order valence-electron chi connectivity index (χ3n) is 5.17. The number of benzene rings is 2. The van der Waals surface area contributed by atoms with Crippen molar-refractivity contribution in [1.29, 1.82) is 0 Å². The molecule has 5 heteroatoms. The molecule has 0 aliphatic carbocycles. The van der Waals surface area contributed by atoms with Gasteiger partial charge >= 0.3 is 5.97 Å². The minimum atomic E-state index is -0.246. The predicted octanol–water partition coefficient (Wildman–Crippen LogP) is 4.50. The van der Waals surface area contributed by atoms with Crippen molar-refractivity contribution >= 4 is 28.0 Å². The normalized spacial score (nSPS) is 15.7. The van der Waals surface area contributed by atoms with E-state index in [2.05, 4.69) is 56.1 Å². The van der Waals surface area contributed by atoms with Gasteiger partial charge in [-0.3, -0.25) is 4.90 Å². The zero-order valence-electron chi connectivity index (χ0n) is 17.0. The highest BCUT2D eigenvalue weighted by atomic mass is 79.9. The van der Waals surface area contributed by atoms with E-state index in [0.717, 1.165) is 50.2 Å². The van der Waals surface area contributed by atoms with Crippen molar-refractivity contribution in [2.75, 3.05) is 45.9 Å². The Bertz CT molecular complexity index is 812. The molecule has 2 aromatic rings. The molecule has 4 nitrogen and oxygen atoms in total. The summed E-state index contributed by atoms with van der Waals surface area (Å²) in [6.45, 7) is 8.69. The minimum Gasteiger partial charge on any atom is -0.462 e. The Hall–Kier alpha value is -1.95. The minimum absolute atomic E-state index is 0.246. The van der Waals surface area contributed by atoms with Crippen LogP contribution in [0.25, 0.3) is 6.08 Å². The van der Waals surface area contributed by atoms with Crippen LogP contribution in [0.4, 0.5) is 0 Å². The Balaban J connectivity index is 1.37. The number of carbonyl (C=O) groups excluding carboxylic acids is 1. The first kappa shape index (κ1) is 21.8. The van der Waals surface area contributed by atoms with E-state index in [4.69, 9.17) is 4.74 Å². The summed E-state index contributed by atoms with van der Waals surface area (Å²) in [5, 5.41) is 0. The maximum Gasteiger partial charge on any atom is 0.338 e. The molecule has 0 radical (unpaired) electrons. The van der Waals surface area contributed by atoms with Crippen LogP contribution >= 0.6 is 15.9 Å². The Labute approximate surface area is 182 Å². The summed E-state index contributed by atoms with van der Waals surface area (Å²) in [5.41, 5.74) is 3.12. The molecule has 1 heterocycles. The molecule has 0 spiro atoms. The first-order chi connectivity index (χ1) is 14.1. The number of rotatable bonds is 8. The van der Waals surface area contributed by atoms with Crippen molar-refractivity contribution in [2.24, 2.45) is 0 Å². The summed E-state index contributed by atoms with van der Waals surface area (Å²) in [7, 11) is 0. The molecule has 0 saturated carbocycles. The summed E-state index contributed by atoms with van der Waals surface area (Å²) in [6.07, 6.45) is 5.45. The first-order valence-electron chi connectivity index (χ1n) is 10.3. The zero-order chi connectivity index (χ0) is 20.5. The van der Waals surface area contributed by atoms with E-state index in [9.17, 15) is 4.79 Å². The molecule has 0 unspecified atom stereocenters. The van der Waals surface area contributed by atoms with Gasteiger partial charge in [-0.15, -0.1) is 0 Å². The number of carbonyl (C=O) groups is 1. The van der Waals surface area contributed by atoms with Gasteiger partial charge in [0.25, 0.3) is 0 Å². The maximum atomic E-state index is 11.7. The highest BCUT2D eigenvalue weighted by Gasteiger charge is 2.15. The van der Waals surface area contributed by atoms with Crippen LogP contribution in [0.1, 0.15) is 28.4 Å². The summed E-state index contributed by atoms with van der Waals surface area (Å²) < 4.78 is 6.15. The molecule has 1 fully saturated rings. The molecule has 1 aliphatic rings. The first-order valence-corrected chi connectivity index (χ1v) is 11.1. The second kappa shape index (κ2) is 11.3. The van der Waals surface area contributed by atoms with Crippen molar-refractivity contribution in [3.63, 3.8) is 0 Å². The average molecular weight is 457 g/mol. The molecule has 0 bridgehead atoms. The summed E-state index contributed by atoms with van der Waals surface area (Å²) in [6, 6.07) is 16.2. The lowest BCUT2D eigenvalue weighted by molar-refractivity contribution is 0.0526. The van der Waals surface area contributed by atoms with Crippen molar-refractivity contribution in [3.05, 3.63) is 75.8 Å². The van der Waals surface area contributed by atoms with Gasteiger partial charge in [-0.05, 0) is 48.7 Å². The number of nitrogens with zero attached hydrogens (tertiary/aromatic N) is 2. The van der Waals surface area contributed by atoms with Crippen LogP contribution in [0.3, 0.4) is 0 Å². The van der Waals surface area contributed by atoms with Crippen LogP contribution in [-0.4, -0.2) is 61.6 Å². The van der Waals surface area contributed by atoms with Gasteiger partial charge in [0.2, 0.25) is 0 Å². The average Bonchev–Trinajstić information content (AvgIpc) is 2.74. The van der Waals surface area contributed by atoms with Crippen molar-refractivity contribution in [2.45, 2.75) is 13.3 Å². The molecule has 0 N–H and O–H groups in total. The largest absolute Gasteiger partial charge is 0.462 e. The van der Waals surface area contributed by atoms with Crippen LogP contribution in [0, 0.1) is 0 Å². The summed E-state index contributed by atoms with van der Waals surface area (Å²) in [5.74, 6) is -0.246. The van der Waals surface area contributed by atoms with Crippen LogP contribution in [0.5, 0.6) is 0 Å². The van der Waals surface area contributed by atoms with Crippen molar-refractivity contribution < 1.29 is 9.53 Å². The quantitative estimate of drug-likeness (QED) is 0.547. The Morgan fingerprint density at radius 1 is 1.07 bits per heavy atom. The third kappa shape index (κ3) is 7.11. The summed E-state index contributed by atoms with van der Waals surface area (Å²) >= 11 is 3.51. The van der Waals surface area contributed by atoms with E-state index in [-0.39, 0.29) is 5.97 Å². The predicted molar refractivity (Wildman–Crippen MR) is 122 cm³/mol. The molecule has 2 aromatic carbocycles. The van der Waals surface area contributed by atoms with E-state index < -0.39 is 0 Å². The maximum absolute atomic E-state index is 11.7. The topological polar surface area (TPSA) is 32.8 Å². The molecule has 0 atom stereocenters. The van der Waals surface area contributed by atoms with Gasteiger partial charge in [-0.25, -0.2) is 4.79 Å². The van der Waals surface area contributed by atoms with Gasteiger partial charge < -0.3 is 9.64 Å². The van der Waals surface area contributed by atoms with E-state index in [1.807, 2.05) is 37.3 Å². The molecule has 29 heavy (non-hydrogen) atoms. The molecule has 1 aliphatic heterocycles. The van der Waals surface area contributed by atoms with E-state index >= 15 is 0 Å². The second-order valence-corrected chi connectivity index (χ2v) is 8.18. The molecule has 154 valence electrons. The number of halogens is 1. The molecular formula is C24H29BrN2O2. The molecular weight excluding hydrogens is 428 g/mol. The van der Waals surface area contributed by atoms with Gasteiger partial charge in [0.15, 0.2) is 0 Å². The van der Waals surface area contributed by atoms with Crippen molar-refractivity contribution in [3.8, 4) is 0 Å². The van der Waals surface area contributed by atoms with Crippen LogP contribution in [-0.2, 0) is 11.2 Å². The fraction of sp³-hybridized carbons (Fsp3) is 0.375. The van der Waals surface area contributed by atoms with E-state index in [1.54, 1.807) is 0 Å². The number of piperazine rings is 1. The van der Waals surface area contributed by atoms with Gasteiger partial charge in [0.05, 0.1) is 12.2 Å². The smallest absolute Gasteiger partial charge is 0.338 e. The highest BCUT2D eigenvalue weighted by Crippen LogP contribution is 2.13. The molecule has 1 saturated heterocycles. The summed E-state index contributed by atoms with van der Waals surface area (Å²) in [4.78, 5) is 16.7. The molecule has 0 amide bonds.